The van der Waals surface area contributed by atoms with Gasteiger partial charge in [-0.3, -0.25) is 15.1 Å². The molecule has 1 aliphatic carbocycles. The second-order valence-corrected chi connectivity index (χ2v) is 9.71. The number of allylic oxidation sites excluding steroid dienone is 1. The van der Waals surface area contributed by atoms with Crippen LogP contribution < -0.4 is 10.7 Å². The smallest absolute Gasteiger partial charge is 0.272 e. The lowest BCUT2D eigenvalue weighted by Crippen LogP contribution is -2.79. The summed E-state index contributed by atoms with van der Waals surface area (Å²) in [5.74, 6) is 0.361. The fourth-order valence-electron chi connectivity index (χ4n) is 6.13. The number of nitrogens with zero attached hydrogens (tertiary/aromatic N) is 5. The van der Waals surface area contributed by atoms with Crippen molar-refractivity contribution in [1.82, 2.24) is 35.3 Å². The van der Waals surface area contributed by atoms with Gasteiger partial charge in [-0.05, 0) is 49.8 Å². The quantitative estimate of drug-likeness (QED) is 0.737. The molecule has 33 heavy (non-hydrogen) atoms. The summed E-state index contributed by atoms with van der Waals surface area (Å²) in [7, 11) is 3.85. The second-order valence-electron chi connectivity index (χ2n) is 9.71. The van der Waals surface area contributed by atoms with Crippen LogP contribution >= 0.6 is 0 Å². The predicted molar refractivity (Wildman–Crippen MR) is 119 cm³/mol. The number of aromatic nitrogens is 2. The molecule has 2 aromatic rings. The first-order valence-electron chi connectivity index (χ1n) is 11.7. The van der Waals surface area contributed by atoms with E-state index in [0.29, 0.717) is 12.2 Å². The topological polar surface area (TPSA) is 68.7 Å². The molecule has 1 saturated carbocycles. The number of hydrogen-bond acceptors (Lipinski definition) is 6. The molecule has 0 aromatic carbocycles. The maximum absolute atomic E-state index is 13.6. The number of rotatable bonds is 3. The molecule has 3 saturated heterocycles. The number of alkyl halides is 2. The van der Waals surface area contributed by atoms with E-state index >= 15 is 0 Å². The van der Waals surface area contributed by atoms with Crippen molar-refractivity contribution in [1.29, 1.82) is 0 Å². The zero-order valence-electron chi connectivity index (χ0n) is 18.8. The van der Waals surface area contributed by atoms with E-state index in [-0.39, 0.29) is 30.1 Å². The third-order valence-electron chi connectivity index (χ3n) is 7.87. The molecule has 2 unspecified atom stereocenters. The molecule has 0 radical (unpaired) electrons. The van der Waals surface area contributed by atoms with E-state index in [1.165, 1.54) is 0 Å². The Morgan fingerprint density at radius 3 is 2.82 bits per heavy atom. The predicted octanol–water partition coefficient (Wildman–Crippen LogP) is 2.28. The zero-order valence-corrected chi connectivity index (χ0v) is 18.8. The molecule has 2 N–H and O–H groups in total. The molecule has 8 nitrogen and oxygen atoms in total. The van der Waals surface area contributed by atoms with Gasteiger partial charge in [-0.25, -0.2) is 19.2 Å². The number of carbonyl (C=O) groups is 1. The first kappa shape index (κ1) is 21.0. The summed E-state index contributed by atoms with van der Waals surface area (Å²) in [6, 6.07) is 3.07. The van der Waals surface area contributed by atoms with Crippen LogP contribution in [-0.4, -0.2) is 68.9 Å². The van der Waals surface area contributed by atoms with Gasteiger partial charge in [0.05, 0.1) is 17.8 Å². The lowest BCUT2D eigenvalue weighted by atomic mass is 9.82. The van der Waals surface area contributed by atoms with E-state index in [0.717, 1.165) is 42.3 Å². The molecule has 2 aromatic heterocycles. The van der Waals surface area contributed by atoms with Gasteiger partial charge in [-0.15, -0.1) is 0 Å². The molecule has 1 amide bonds. The van der Waals surface area contributed by atoms with E-state index in [9.17, 15) is 13.6 Å². The molecule has 6 heterocycles. The molecule has 5 aliphatic rings. The van der Waals surface area contributed by atoms with Crippen molar-refractivity contribution in [3.05, 3.63) is 42.0 Å². The van der Waals surface area contributed by atoms with Crippen LogP contribution in [-0.2, 0) is 7.05 Å². The van der Waals surface area contributed by atoms with Crippen LogP contribution in [0.1, 0.15) is 36.2 Å². The van der Waals surface area contributed by atoms with Crippen LogP contribution in [0.15, 0.2) is 36.3 Å². The monoisotopic (exact) mass is 457 g/mol. The molecule has 4 fully saturated rings. The van der Waals surface area contributed by atoms with Gasteiger partial charge in [-0.1, -0.05) is 0 Å². The Morgan fingerprint density at radius 1 is 1.21 bits per heavy atom. The van der Waals surface area contributed by atoms with Crippen molar-refractivity contribution < 1.29 is 13.6 Å². The van der Waals surface area contributed by atoms with Gasteiger partial charge in [-0.2, -0.15) is 5.12 Å². The highest BCUT2D eigenvalue weighted by Crippen LogP contribution is 2.44. The normalized spacial score (nSPS) is 32.0. The van der Waals surface area contributed by atoms with Crippen LogP contribution in [0.25, 0.3) is 10.9 Å². The van der Waals surface area contributed by atoms with Gasteiger partial charge in [0.15, 0.2) is 6.29 Å². The number of fused-ring (bicyclic) bond motifs is 6. The second kappa shape index (κ2) is 7.75. The number of hydrogen-bond donors (Lipinski definition) is 2. The number of nitrogens with one attached hydrogen (secondary N) is 2. The largest absolute Gasteiger partial charge is 0.349 e. The molecule has 4 aliphatic heterocycles. The number of amides is 1. The van der Waals surface area contributed by atoms with Crippen molar-refractivity contribution >= 4 is 16.8 Å². The molecule has 7 rings (SSSR count). The van der Waals surface area contributed by atoms with Crippen LogP contribution in [0.2, 0.25) is 0 Å². The lowest BCUT2D eigenvalue weighted by molar-refractivity contribution is -0.218. The highest BCUT2D eigenvalue weighted by molar-refractivity contribution is 5.96. The van der Waals surface area contributed by atoms with Crippen molar-refractivity contribution in [3.63, 3.8) is 0 Å². The lowest BCUT2D eigenvalue weighted by Gasteiger charge is -2.57. The molecule has 2 bridgehead atoms. The minimum Gasteiger partial charge on any atom is -0.349 e. The summed E-state index contributed by atoms with van der Waals surface area (Å²) in [6.07, 6.45) is 6.38. The van der Waals surface area contributed by atoms with Gasteiger partial charge in [0, 0.05) is 49.9 Å². The Balaban J connectivity index is 1.27. The molecule has 5 atom stereocenters. The van der Waals surface area contributed by atoms with Gasteiger partial charge < -0.3 is 9.47 Å². The maximum Gasteiger partial charge on any atom is 0.272 e. The van der Waals surface area contributed by atoms with E-state index in [1.54, 1.807) is 12.3 Å². The standard InChI is InChI=1S/C23H29F2N7O/c1-29-8-7-13-9-18(26-11-20(13)29)22(33)31-12-14-3-4-15(31)5-6-16(14)19-10-17(21(24)25)27-23-28-30(2)32(19)23/h7-11,14-17,21,23,27-28H,3-6,12H2,1-2H3/t14-,15+,16-,17?,23?/m0/s1. The van der Waals surface area contributed by atoms with Crippen LogP contribution in [0, 0.1) is 11.8 Å². The Labute approximate surface area is 191 Å². The van der Waals surface area contributed by atoms with Crippen LogP contribution in [0.4, 0.5) is 8.78 Å². The van der Waals surface area contributed by atoms with Crippen LogP contribution in [0.3, 0.4) is 0 Å². The van der Waals surface area contributed by atoms with E-state index < -0.39 is 12.5 Å². The molecular weight excluding hydrogens is 428 g/mol. The fraction of sp³-hybridized carbons (Fsp3) is 0.565. The van der Waals surface area contributed by atoms with E-state index in [2.05, 4.69) is 15.7 Å². The minimum absolute atomic E-state index is 0.0264. The van der Waals surface area contributed by atoms with Crippen molar-refractivity contribution in [2.24, 2.45) is 18.9 Å². The first-order chi connectivity index (χ1) is 15.9. The summed E-state index contributed by atoms with van der Waals surface area (Å²) < 4.78 is 29.2. The zero-order chi connectivity index (χ0) is 22.9. The fourth-order valence-corrected chi connectivity index (χ4v) is 6.13. The number of hydrazine groups is 2. The van der Waals surface area contributed by atoms with Crippen molar-refractivity contribution in [3.8, 4) is 0 Å². The Morgan fingerprint density at radius 2 is 2.03 bits per heavy atom. The van der Waals surface area contributed by atoms with Gasteiger partial charge in [0.2, 0.25) is 0 Å². The Kier molecular flexibility index (Phi) is 4.93. The van der Waals surface area contributed by atoms with Gasteiger partial charge in [0.1, 0.15) is 5.69 Å². The summed E-state index contributed by atoms with van der Waals surface area (Å²) in [5.41, 5.74) is 5.55. The maximum atomic E-state index is 13.6. The molecule has 176 valence electrons. The Hall–Kier alpha value is -2.56. The van der Waals surface area contributed by atoms with E-state index in [1.807, 2.05) is 52.0 Å². The van der Waals surface area contributed by atoms with Gasteiger partial charge in [0.25, 0.3) is 12.3 Å². The first-order valence-corrected chi connectivity index (χ1v) is 11.7. The third kappa shape index (κ3) is 3.34. The third-order valence-corrected chi connectivity index (χ3v) is 7.87. The van der Waals surface area contributed by atoms with Crippen LogP contribution in [0.5, 0.6) is 0 Å². The highest BCUT2D eigenvalue weighted by atomic mass is 19.3. The average Bonchev–Trinajstić information content (AvgIpc) is 2.96. The number of piperidine rings is 1. The summed E-state index contributed by atoms with van der Waals surface area (Å²) in [6.45, 7) is 0.641. The SMILES string of the molecule is CN1NC2NC(C(F)F)C=C([C@H]3CC[C@H]4CC[C@H]3CN4C(=O)c3cc4ccn(C)c4cn3)N21. The van der Waals surface area contributed by atoms with Crippen molar-refractivity contribution in [2.75, 3.05) is 13.6 Å². The minimum atomic E-state index is -2.46. The number of halogens is 2. The number of pyridine rings is 1. The molecular formula is C23H29F2N7O. The highest BCUT2D eigenvalue weighted by Gasteiger charge is 2.48. The van der Waals surface area contributed by atoms with E-state index in [4.69, 9.17) is 0 Å². The van der Waals surface area contributed by atoms with Gasteiger partial charge >= 0.3 is 0 Å². The summed E-state index contributed by atoms with van der Waals surface area (Å²) in [4.78, 5) is 20.0. The summed E-state index contributed by atoms with van der Waals surface area (Å²) >= 11 is 0. The molecule has 0 spiro atoms. The van der Waals surface area contributed by atoms with Crippen molar-refractivity contribution in [2.45, 2.75) is 50.5 Å². The summed E-state index contributed by atoms with van der Waals surface area (Å²) in [5, 5.41) is 7.85. The number of aryl methyl sites for hydroxylation is 1. The average molecular weight is 458 g/mol. The Bertz CT molecular complexity index is 1120. The molecule has 10 heteroatoms. The number of carbonyl (C=O) groups excluding carboxylic acids is 1.